The van der Waals surface area contributed by atoms with Crippen molar-refractivity contribution >= 4 is 29.4 Å². The van der Waals surface area contributed by atoms with E-state index in [4.69, 9.17) is 11.6 Å². The summed E-state index contributed by atoms with van der Waals surface area (Å²) >= 11 is 5.85. The molecule has 1 aliphatic rings. The molecule has 1 aliphatic heterocycles. The highest BCUT2D eigenvalue weighted by molar-refractivity contribution is 6.30. The lowest BCUT2D eigenvalue weighted by atomic mass is 9.98. The number of rotatable bonds is 3. The lowest BCUT2D eigenvalue weighted by Gasteiger charge is -2.13. The molecule has 1 saturated heterocycles. The Morgan fingerprint density at radius 3 is 2.64 bits per heavy atom. The summed E-state index contributed by atoms with van der Waals surface area (Å²) in [5, 5.41) is 0.646. The van der Waals surface area contributed by atoms with Crippen molar-refractivity contribution in [3.8, 4) is 0 Å². The second-order valence-electron chi connectivity index (χ2n) is 5.30. The molecule has 0 saturated carbocycles. The van der Waals surface area contributed by atoms with Crippen molar-refractivity contribution in [3.63, 3.8) is 0 Å². The van der Waals surface area contributed by atoms with Gasteiger partial charge in [-0.25, -0.2) is 14.9 Å². The summed E-state index contributed by atoms with van der Waals surface area (Å²) in [6.45, 7) is 1.79. The van der Waals surface area contributed by atoms with Crippen LogP contribution in [0.4, 0.5) is 5.95 Å². The van der Waals surface area contributed by atoms with Crippen molar-refractivity contribution in [1.29, 1.82) is 0 Å². The largest absolute Gasteiger partial charge is 0.274 e. The molecule has 0 radical (unpaired) electrons. The topological polar surface area (TPSA) is 63.2 Å². The Kier molecular flexibility index (Phi) is 3.90. The Labute approximate surface area is 132 Å². The highest BCUT2D eigenvalue weighted by atomic mass is 35.5. The van der Waals surface area contributed by atoms with Gasteiger partial charge in [0.25, 0.3) is 0 Å². The van der Waals surface area contributed by atoms with Gasteiger partial charge in [-0.1, -0.05) is 23.7 Å². The zero-order valence-corrected chi connectivity index (χ0v) is 12.7. The molecule has 2 aromatic rings. The van der Waals surface area contributed by atoms with Crippen molar-refractivity contribution in [3.05, 3.63) is 52.8 Å². The molecular formula is C16H14ClN3O2. The SMILES string of the molecule is Cc1ccnc(N2C(=O)CC(Cc3ccc(Cl)cc3)C2=O)n1. The third-order valence-corrected chi connectivity index (χ3v) is 3.87. The molecule has 5 nitrogen and oxygen atoms in total. The monoisotopic (exact) mass is 315 g/mol. The van der Waals surface area contributed by atoms with Crippen LogP contribution in [-0.4, -0.2) is 21.8 Å². The van der Waals surface area contributed by atoms with Crippen LogP contribution in [-0.2, 0) is 16.0 Å². The standard InChI is InChI=1S/C16H14ClN3O2/c1-10-6-7-18-16(19-10)20-14(21)9-12(15(20)22)8-11-2-4-13(17)5-3-11/h2-7,12H,8-9H2,1H3. The molecule has 0 bridgehead atoms. The number of carbonyl (C=O) groups excluding carboxylic acids is 2. The first kappa shape index (κ1) is 14.7. The third kappa shape index (κ3) is 2.85. The van der Waals surface area contributed by atoms with Crippen LogP contribution in [0.2, 0.25) is 5.02 Å². The van der Waals surface area contributed by atoms with Crippen LogP contribution < -0.4 is 4.90 Å². The molecule has 1 fully saturated rings. The second-order valence-corrected chi connectivity index (χ2v) is 5.73. The molecule has 1 atom stereocenters. The van der Waals surface area contributed by atoms with Crippen LogP contribution in [0.1, 0.15) is 17.7 Å². The lowest BCUT2D eigenvalue weighted by molar-refractivity contribution is -0.122. The van der Waals surface area contributed by atoms with E-state index in [1.807, 2.05) is 12.1 Å². The summed E-state index contributed by atoms with van der Waals surface area (Å²) in [5.41, 5.74) is 1.69. The number of aryl methyl sites for hydroxylation is 1. The van der Waals surface area contributed by atoms with Crippen molar-refractivity contribution in [2.24, 2.45) is 5.92 Å². The number of hydrogen-bond acceptors (Lipinski definition) is 4. The van der Waals surface area contributed by atoms with Gasteiger partial charge in [0.2, 0.25) is 17.8 Å². The number of aromatic nitrogens is 2. The van der Waals surface area contributed by atoms with Gasteiger partial charge in [0, 0.05) is 23.3 Å². The maximum absolute atomic E-state index is 12.5. The number of anilines is 1. The van der Waals surface area contributed by atoms with E-state index < -0.39 is 0 Å². The van der Waals surface area contributed by atoms with Crippen LogP contribution >= 0.6 is 11.6 Å². The molecular weight excluding hydrogens is 302 g/mol. The van der Waals surface area contributed by atoms with Gasteiger partial charge in [0.15, 0.2) is 0 Å². The van der Waals surface area contributed by atoms with Crippen molar-refractivity contribution in [2.45, 2.75) is 19.8 Å². The Morgan fingerprint density at radius 2 is 1.95 bits per heavy atom. The zero-order chi connectivity index (χ0) is 15.7. The van der Waals surface area contributed by atoms with Crippen molar-refractivity contribution in [2.75, 3.05) is 4.90 Å². The van der Waals surface area contributed by atoms with Gasteiger partial charge in [-0.2, -0.15) is 0 Å². The number of amides is 2. The van der Waals surface area contributed by atoms with E-state index in [0.717, 1.165) is 10.5 Å². The summed E-state index contributed by atoms with van der Waals surface area (Å²) in [5.74, 6) is -0.716. The summed E-state index contributed by atoms with van der Waals surface area (Å²) in [6.07, 6.45) is 2.23. The highest BCUT2D eigenvalue weighted by Crippen LogP contribution is 2.27. The minimum atomic E-state index is -0.377. The van der Waals surface area contributed by atoms with E-state index in [1.54, 1.807) is 31.3 Å². The molecule has 112 valence electrons. The smallest absolute Gasteiger partial charge is 0.240 e. The van der Waals surface area contributed by atoms with E-state index in [0.29, 0.717) is 17.1 Å². The van der Waals surface area contributed by atoms with Crippen LogP contribution in [0.25, 0.3) is 0 Å². The van der Waals surface area contributed by atoms with Crippen LogP contribution in [0.5, 0.6) is 0 Å². The molecule has 1 aromatic carbocycles. The second kappa shape index (κ2) is 5.85. The van der Waals surface area contributed by atoms with Crippen molar-refractivity contribution in [1.82, 2.24) is 9.97 Å². The van der Waals surface area contributed by atoms with E-state index >= 15 is 0 Å². The molecule has 0 aliphatic carbocycles. The summed E-state index contributed by atoms with van der Waals surface area (Å²) in [6, 6.07) is 9.01. The number of halogens is 1. The molecule has 1 aromatic heterocycles. The fraction of sp³-hybridized carbons (Fsp3) is 0.250. The van der Waals surface area contributed by atoms with Gasteiger partial charge >= 0.3 is 0 Å². The van der Waals surface area contributed by atoms with E-state index in [9.17, 15) is 9.59 Å². The van der Waals surface area contributed by atoms with Gasteiger partial charge in [0.05, 0.1) is 5.92 Å². The number of carbonyl (C=O) groups is 2. The summed E-state index contributed by atoms with van der Waals surface area (Å²) < 4.78 is 0. The average Bonchev–Trinajstić information content (AvgIpc) is 2.76. The van der Waals surface area contributed by atoms with E-state index in [2.05, 4.69) is 9.97 Å². The first-order chi connectivity index (χ1) is 10.5. The van der Waals surface area contributed by atoms with Gasteiger partial charge < -0.3 is 0 Å². The van der Waals surface area contributed by atoms with Gasteiger partial charge in [-0.15, -0.1) is 0 Å². The maximum Gasteiger partial charge on any atom is 0.240 e. The molecule has 0 N–H and O–H groups in total. The number of benzene rings is 1. The molecule has 1 unspecified atom stereocenters. The average molecular weight is 316 g/mol. The Balaban J connectivity index is 1.81. The number of hydrogen-bond donors (Lipinski definition) is 0. The zero-order valence-electron chi connectivity index (χ0n) is 12.0. The van der Waals surface area contributed by atoms with Crippen LogP contribution in [0, 0.1) is 12.8 Å². The van der Waals surface area contributed by atoms with E-state index in [1.165, 1.54) is 0 Å². The quantitative estimate of drug-likeness (QED) is 0.817. The molecule has 2 heterocycles. The van der Waals surface area contributed by atoms with Crippen LogP contribution in [0.15, 0.2) is 36.5 Å². The normalized spacial score (nSPS) is 18.1. The lowest BCUT2D eigenvalue weighted by Crippen LogP contribution is -2.32. The fourth-order valence-electron chi connectivity index (χ4n) is 2.51. The molecule has 3 rings (SSSR count). The summed E-state index contributed by atoms with van der Waals surface area (Å²) in [7, 11) is 0. The predicted molar refractivity (Wildman–Crippen MR) is 82.5 cm³/mol. The first-order valence-corrected chi connectivity index (χ1v) is 7.33. The van der Waals surface area contributed by atoms with Crippen LogP contribution in [0.3, 0.4) is 0 Å². The Bertz CT molecular complexity index is 730. The minimum Gasteiger partial charge on any atom is -0.274 e. The first-order valence-electron chi connectivity index (χ1n) is 6.95. The van der Waals surface area contributed by atoms with Gasteiger partial charge in [0.1, 0.15) is 0 Å². The highest BCUT2D eigenvalue weighted by Gasteiger charge is 2.40. The third-order valence-electron chi connectivity index (χ3n) is 3.62. The minimum absolute atomic E-state index is 0.161. The Morgan fingerprint density at radius 1 is 1.23 bits per heavy atom. The summed E-state index contributed by atoms with van der Waals surface area (Å²) in [4.78, 5) is 33.9. The Hall–Kier alpha value is -2.27. The molecule has 22 heavy (non-hydrogen) atoms. The molecule has 0 spiro atoms. The molecule has 2 amide bonds. The number of imide groups is 1. The van der Waals surface area contributed by atoms with E-state index in [-0.39, 0.29) is 30.1 Å². The van der Waals surface area contributed by atoms with Crippen molar-refractivity contribution < 1.29 is 9.59 Å². The van der Waals surface area contributed by atoms with Gasteiger partial charge in [-0.05, 0) is 37.1 Å². The number of nitrogens with zero attached hydrogens (tertiary/aromatic N) is 3. The molecule has 6 heteroatoms. The predicted octanol–water partition coefficient (Wildman–Crippen LogP) is 2.56. The maximum atomic E-state index is 12.5. The van der Waals surface area contributed by atoms with Gasteiger partial charge in [-0.3, -0.25) is 9.59 Å². The fourth-order valence-corrected chi connectivity index (χ4v) is 2.64.